The van der Waals surface area contributed by atoms with E-state index in [1.54, 1.807) is 23.1 Å². The molecule has 0 bridgehead atoms. The zero-order chi connectivity index (χ0) is 20.8. The highest BCUT2D eigenvalue weighted by molar-refractivity contribution is 7.98. The molecule has 5 rings (SSSR count). The highest BCUT2D eigenvalue weighted by Crippen LogP contribution is 2.43. The summed E-state index contributed by atoms with van der Waals surface area (Å²) in [6.45, 7) is 9.61. The highest BCUT2D eigenvalue weighted by atomic mass is 32.2. The van der Waals surface area contributed by atoms with Gasteiger partial charge in [0.15, 0.2) is 11.0 Å². The number of anilines is 1. The van der Waals surface area contributed by atoms with Gasteiger partial charge in [-0.15, -0.1) is 11.3 Å². The maximum absolute atomic E-state index is 9.27. The number of nitrogens with one attached hydrogen (secondary N) is 1. The van der Waals surface area contributed by atoms with E-state index in [-0.39, 0.29) is 6.61 Å². The Morgan fingerprint density at radius 3 is 2.60 bits per heavy atom. The Hall–Kier alpha value is -1.48. The van der Waals surface area contributed by atoms with Crippen molar-refractivity contribution in [2.45, 2.75) is 44.2 Å². The average Bonchev–Trinajstić information content (AvgIpc) is 3.37. The summed E-state index contributed by atoms with van der Waals surface area (Å²) >= 11 is 3.40. The number of aliphatic hydroxyl groups excluding tert-OH is 1. The van der Waals surface area contributed by atoms with Crippen molar-refractivity contribution in [1.82, 2.24) is 15.0 Å². The lowest BCUT2D eigenvalue weighted by Crippen LogP contribution is -3.15. The fourth-order valence-corrected chi connectivity index (χ4v) is 6.52. The van der Waals surface area contributed by atoms with Crippen LogP contribution in [0.3, 0.4) is 0 Å². The molecule has 1 aliphatic heterocycles. The Kier molecular flexibility index (Phi) is 5.60. The average molecular weight is 445 g/mol. The maximum atomic E-state index is 9.27. The van der Waals surface area contributed by atoms with Crippen molar-refractivity contribution in [2.24, 2.45) is 0 Å². The van der Waals surface area contributed by atoms with E-state index in [0.29, 0.717) is 5.92 Å². The number of fused-ring (bicyclic) bond motifs is 5. The van der Waals surface area contributed by atoms with Gasteiger partial charge in [0, 0.05) is 11.1 Å². The minimum Gasteiger partial charge on any atom is -0.391 e. The van der Waals surface area contributed by atoms with Gasteiger partial charge in [0.05, 0.1) is 43.0 Å². The number of thiophene rings is 1. The largest absolute Gasteiger partial charge is 0.391 e. The van der Waals surface area contributed by atoms with Crippen LogP contribution in [0.4, 0.5) is 5.82 Å². The summed E-state index contributed by atoms with van der Waals surface area (Å²) in [4.78, 5) is 20.1. The van der Waals surface area contributed by atoms with Gasteiger partial charge in [0.25, 0.3) is 0 Å². The number of nitrogens with zero attached hydrogens (tertiary/aromatic N) is 4. The minimum atomic E-state index is 0.259. The summed E-state index contributed by atoms with van der Waals surface area (Å²) in [6, 6.07) is 0. The molecule has 0 atom stereocenters. The van der Waals surface area contributed by atoms with Gasteiger partial charge in [-0.1, -0.05) is 25.6 Å². The van der Waals surface area contributed by atoms with E-state index in [9.17, 15) is 5.11 Å². The first-order chi connectivity index (χ1) is 14.6. The van der Waals surface area contributed by atoms with Gasteiger partial charge in [0.2, 0.25) is 0 Å². The molecule has 3 aromatic heterocycles. The summed E-state index contributed by atoms with van der Waals surface area (Å²) in [5, 5.41) is 11.4. The number of hydrogen-bond acceptors (Lipinski definition) is 7. The van der Waals surface area contributed by atoms with Gasteiger partial charge < -0.3 is 14.9 Å². The van der Waals surface area contributed by atoms with Crippen LogP contribution >= 0.6 is 23.1 Å². The molecule has 30 heavy (non-hydrogen) atoms. The first kappa shape index (κ1) is 20.4. The van der Waals surface area contributed by atoms with Crippen molar-refractivity contribution in [2.75, 3.05) is 50.5 Å². The van der Waals surface area contributed by atoms with Gasteiger partial charge in [-0.05, 0) is 42.6 Å². The fraction of sp³-hybridized carbons (Fsp3) is 0.591. The first-order valence-electron chi connectivity index (χ1n) is 11.0. The second-order valence-corrected chi connectivity index (χ2v) is 10.4. The Morgan fingerprint density at radius 1 is 1.13 bits per heavy atom. The first-order valence-corrected chi connectivity index (χ1v) is 13.0. The molecule has 0 amide bonds. The molecule has 0 unspecified atom stereocenters. The van der Waals surface area contributed by atoms with E-state index < -0.39 is 0 Å². The number of pyridine rings is 1. The zero-order valence-electron chi connectivity index (χ0n) is 18.0. The van der Waals surface area contributed by atoms with Gasteiger partial charge in [0.1, 0.15) is 11.4 Å². The molecule has 0 aromatic carbocycles. The van der Waals surface area contributed by atoms with Gasteiger partial charge in [-0.25, -0.2) is 15.0 Å². The molecule has 8 heteroatoms. The van der Waals surface area contributed by atoms with Crippen molar-refractivity contribution in [3.8, 4) is 0 Å². The summed E-state index contributed by atoms with van der Waals surface area (Å²) in [5.74, 6) is 1.52. The van der Waals surface area contributed by atoms with Crippen LogP contribution < -0.4 is 9.80 Å². The molecular formula is C22H30N5OS2+. The standard InChI is InChI=1S/C22H29N5OS2/c1-13(2)17-15-6-4-5-14(15)16-18-19(30-21(16)23-17)20(25-22(24-18)29-3)27-9-7-26(8-10-27)11-12-28/h13,28H,4-12H2,1-3H3/p+1. The third-order valence-corrected chi connectivity index (χ3v) is 8.11. The van der Waals surface area contributed by atoms with Crippen LogP contribution in [0.1, 0.15) is 43.0 Å². The molecule has 2 aliphatic rings. The Balaban J connectivity index is 1.67. The topological polar surface area (TPSA) is 66.6 Å². The van der Waals surface area contributed by atoms with E-state index in [0.717, 1.165) is 66.9 Å². The van der Waals surface area contributed by atoms with Crippen molar-refractivity contribution < 1.29 is 10.0 Å². The van der Waals surface area contributed by atoms with Crippen LogP contribution in [-0.2, 0) is 12.8 Å². The molecular weight excluding hydrogens is 414 g/mol. The lowest BCUT2D eigenvalue weighted by Gasteiger charge is -2.32. The highest BCUT2D eigenvalue weighted by Gasteiger charge is 2.28. The molecule has 1 fully saturated rings. The van der Waals surface area contributed by atoms with Crippen molar-refractivity contribution >= 4 is 49.3 Å². The van der Waals surface area contributed by atoms with E-state index in [1.807, 2.05) is 0 Å². The van der Waals surface area contributed by atoms with E-state index in [4.69, 9.17) is 15.0 Å². The number of aryl methyl sites for hydroxylation is 1. The van der Waals surface area contributed by atoms with Crippen molar-refractivity contribution in [3.63, 3.8) is 0 Å². The lowest BCUT2D eigenvalue weighted by molar-refractivity contribution is -0.900. The summed E-state index contributed by atoms with van der Waals surface area (Å²) in [7, 11) is 0. The number of rotatable bonds is 5. The van der Waals surface area contributed by atoms with Gasteiger partial charge in [-0.2, -0.15) is 0 Å². The van der Waals surface area contributed by atoms with Crippen molar-refractivity contribution in [1.29, 1.82) is 0 Å². The number of quaternary nitrogens is 1. The second-order valence-electron chi connectivity index (χ2n) is 8.67. The van der Waals surface area contributed by atoms with Crippen LogP contribution in [-0.4, -0.2) is 65.6 Å². The predicted octanol–water partition coefficient (Wildman–Crippen LogP) is 2.27. The molecule has 4 heterocycles. The van der Waals surface area contributed by atoms with Crippen LogP contribution in [0.25, 0.3) is 20.4 Å². The number of hydrogen-bond donors (Lipinski definition) is 2. The molecule has 0 saturated carbocycles. The lowest BCUT2D eigenvalue weighted by atomic mass is 9.99. The maximum Gasteiger partial charge on any atom is 0.189 e. The van der Waals surface area contributed by atoms with Crippen molar-refractivity contribution in [3.05, 3.63) is 16.8 Å². The summed E-state index contributed by atoms with van der Waals surface area (Å²) in [5.41, 5.74) is 5.35. The molecule has 1 saturated heterocycles. The SMILES string of the molecule is CSc1nc(N2CC[NH+](CCO)CC2)c2sc3nc(C(C)C)c4c(c3c2n1)CCC4. The summed E-state index contributed by atoms with van der Waals surface area (Å²) < 4.78 is 1.19. The molecule has 1 aliphatic carbocycles. The Bertz CT molecular complexity index is 1090. The summed E-state index contributed by atoms with van der Waals surface area (Å²) in [6.07, 6.45) is 5.56. The number of aromatic nitrogens is 3. The van der Waals surface area contributed by atoms with E-state index in [2.05, 4.69) is 25.0 Å². The third-order valence-electron chi connectivity index (χ3n) is 6.49. The second kappa shape index (κ2) is 8.22. The molecule has 160 valence electrons. The monoisotopic (exact) mass is 444 g/mol. The van der Waals surface area contributed by atoms with Crippen LogP contribution in [0.5, 0.6) is 0 Å². The Morgan fingerprint density at radius 2 is 1.90 bits per heavy atom. The number of aliphatic hydroxyl groups is 1. The molecule has 0 spiro atoms. The quantitative estimate of drug-likeness (QED) is 0.465. The van der Waals surface area contributed by atoms with Gasteiger partial charge in [-0.3, -0.25) is 0 Å². The Labute approximate surface area is 185 Å². The number of thioether (sulfide) groups is 1. The molecule has 6 nitrogen and oxygen atoms in total. The fourth-order valence-electron chi connectivity index (χ4n) is 4.99. The predicted molar refractivity (Wildman–Crippen MR) is 125 cm³/mol. The smallest absolute Gasteiger partial charge is 0.189 e. The van der Waals surface area contributed by atoms with Gasteiger partial charge >= 0.3 is 0 Å². The molecule has 2 N–H and O–H groups in total. The van der Waals surface area contributed by atoms with E-state index in [1.165, 1.54) is 38.2 Å². The third kappa shape index (κ3) is 3.38. The van der Waals surface area contributed by atoms with Crippen LogP contribution in [0, 0.1) is 0 Å². The normalized spacial score (nSPS) is 17.6. The molecule has 0 radical (unpaired) electrons. The number of piperazine rings is 1. The zero-order valence-corrected chi connectivity index (χ0v) is 19.6. The minimum absolute atomic E-state index is 0.259. The van der Waals surface area contributed by atoms with Crippen LogP contribution in [0.2, 0.25) is 0 Å². The van der Waals surface area contributed by atoms with Crippen LogP contribution in [0.15, 0.2) is 5.16 Å². The van der Waals surface area contributed by atoms with E-state index >= 15 is 0 Å². The molecule has 3 aromatic rings.